The summed E-state index contributed by atoms with van der Waals surface area (Å²) in [5.74, 6) is -0.884. The number of fused-ring (bicyclic) bond motifs is 1. The summed E-state index contributed by atoms with van der Waals surface area (Å²) in [5, 5.41) is 5.30. The van der Waals surface area contributed by atoms with E-state index in [1.54, 1.807) is 43.5 Å². The summed E-state index contributed by atoms with van der Waals surface area (Å²) >= 11 is 0. The molecule has 0 fully saturated rings. The molecule has 0 radical (unpaired) electrons. The lowest BCUT2D eigenvalue weighted by Crippen LogP contribution is -2.42. The quantitative estimate of drug-likeness (QED) is 0.507. The minimum atomic E-state index is -0.478. The first kappa shape index (κ1) is 20.1. The molecule has 8 nitrogen and oxygen atoms in total. The second kappa shape index (κ2) is 9.01. The van der Waals surface area contributed by atoms with Crippen molar-refractivity contribution in [1.82, 2.24) is 15.5 Å². The highest BCUT2D eigenvalue weighted by Gasteiger charge is 2.36. The van der Waals surface area contributed by atoms with Crippen molar-refractivity contribution < 1.29 is 23.9 Å². The zero-order chi connectivity index (χ0) is 20.8. The van der Waals surface area contributed by atoms with E-state index in [0.717, 1.165) is 16.2 Å². The van der Waals surface area contributed by atoms with E-state index >= 15 is 0 Å². The monoisotopic (exact) mass is 395 g/mol. The third kappa shape index (κ3) is 4.78. The number of nitrogens with zero attached hydrogens (tertiary/aromatic N) is 1. The van der Waals surface area contributed by atoms with Crippen LogP contribution in [-0.2, 0) is 16.0 Å². The highest BCUT2D eigenvalue weighted by molar-refractivity contribution is 6.22. The molecule has 0 unspecified atom stereocenters. The maximum Gasteiger partial charge on any atom is 0.262 e. The molecule has 2 N–H and O–H groups in total. The van der Waals surface area contributed by atoms with Crippen LogP contribution >= 0.6 is 0 Å². The van der Waals surface area contributed by atoms with Crippen LogP contribution in [0.4, 0.5) is 0 Å². The highest BCUT2D eigenvalue weighted by Crippen LogP contribution is 2.21. The third-order valence-corrected chi connectivity index (χ3v) is 4.47. The molecule has 0 saturated heterocycles. The summed E-state index contributed by atoms with van der Waals surface area (Å²) < 4.78 is 5.07. The second-order valence-electron chi connectivity index (χ2n) is 6.47. The first-order valence-corrected chi connectivity index (χ1v) is 9.11. The molecule has 1 aliphatic rings. The van der Waals surface area contributed by atoms with E-state index in [4.69, 9.17) is 4.74 Å². The number of methoxy groups -OCH3 is 1. The molecule has 4 amide bonds. The van der Waals surface area contributed by atoms with Crippen LogP contribution in [0.3, 0.4) is 0 Å². The molecule has 0 saturated carbocycles. The molecule has 2 aromatic rings. The van der Waals surface area contributed by atoms with Crippen LogP contribution in [0.1, 0.15) is 26.3 Å². The summed E-state index contributed by atoms with van der Waals surface area (Å²) in [6.45, 7) is 0.0747. The molecule has 0 aliphatic carbocycles. The fraction of sp³-hybridized carbons (Fsp3) is 0.238. The van der Waals surface area contributed by atoms with Crippen molar-refractivity contribution in [3.05, 3.63) is 65.2 Å². The first-order valence-electron chi connectivity index (χ1n) is 9.11. The molecular formula is C21H21N3O5. The highest BCUT2D eigenvalue weighted by atomic mass is 16.5. The Morgan fingerprint density at radius 1 is 0.862 bits per heavy atom. The summed E-state index contributed by atoms with van der Waals surface area (Å²) in [4.78, 5) is 49.4. The number of rotatable bonds is 8. The van der Waals surface area contributed by atoms with Gasteiger partial charge in [0.05, 0.1) is 24.7 Å². The lowest BCUT2D eigenvalue weighted by atomic mass is 10.1. The van der Waals surface area contributed by atoms with Gasteiger partial charge in [0.2, 0.25) is 11.8 Å². The summed E-state index contributed by atoms with van der Waals surface area (Å²) in [7, 11) is 1.57. The van der Waals surface area contributed by atoms with E-state index in [2.05, 4.69) is 10.6 Å². The number of amides is 4. The van der Waals surface area contributed by atoms with Gasteiger partial charge in [-0.05, 0) is 29.8 Å². The average Bonchev–Trinajstić information content (AvgIpc) is 2.97. The molecule has 29 heavy (non-hydrogen) atoms. The Morgan fingerprint density at radius 2 is 1.41 bits per heavy atom. The molecule has 0 atom stereocenters. The predicted octanol–water partition coefficient (Wildman–Crippen LogP) is 0.766. The number of ether oxygens (including phenoxy) is 1. The van der Waals surface area contributed by atoms with Gasteiger partial charge in [0.1, 0.15) is 12.3 Å². The molecule has 1 heterocycles. The fourth-order valence-corrected chi connectivity index (χ4v) is 2.98. The van der Waals surface area contributed by atoms with Crippen LogP contribution in [-0.4, -0.2) is 55.3 Å². The van der Waals surface area contributed by atoms with Gasteiger partial charge in [-0.25, -0.2) is 0 Å². The van der Waals surface area contributed by atoms with Crippen molar-refractivity contribution in [3.63, 3.8) is 0 Å². The van der Waals surface area contributed by atoms with E-state index in [9.17, 15) is 19.2 Å². The van der Waals surface area contributed by atoms with Gasteiger partial charge in [0.25, 0.3) is 11.8 Å². The normalized spacial score (nSPS) is 12.5. The van der Waals surface area contributed by atoms with Gasteiger partial charge in [-0.2, -0.15) is 0 Å². The van der Waals surface area contributed by atoms with Gasteiger partial charge in [0, 0.05) is 13.1 Å². The Morgan fingerprint density at radius 3 is 1.97 bits per heavy atom. The van der Waals surface area contributed by atoms with E-state index in [-0.39, 0.29) is 32.0 Å². The van der Waals surface area contributed by atoms with Crippen molar-refractivity contribution in [2.45, 2.75) is 6.42 Å². The number of nitrogens with one attached hydrogen (secondary N) is 2. The SMILES string of the molecule is COc1ccc(CC(=O)NCCNC(=O)CN2C(=O)c3ccccc3C2=O)cc1. The Kier molecular flexibility index (Phi) is 6.23. The van der Waals surface area contributed by atoms with Crippen molar-refractivity contribution in [2.24, 2.45) is 0 Å². The van der Waals surface area contributed by atoms with Gasteiger partial charge >= 0.3 is 0 Å². The molecule has 0 bridgehead atoms. The summed E-state index contributed by atoms with van der Waals surface area (Å²) in [5.41, 5.74) is 1.45. The smallest absolute Gasteiger partial charge is 0.262 e. The predicted molar refractivity (Wildman–Crippen MR) is 105 cm³/mol. The number of carbonyl (C=O) groups is 4. The molecule has 8 heteroatoms. The van der Waals surface area contributed by atoms with Crippen LogP contribution in [0.15, 0.2) is 48.5 Å². The fourth-order valence-electron chi connectivity index (χ4n) is 2.98. The Hall–Kier alpha value is -3.68. The van der Waals surface area contributed by atoms with Crippen molar-refractivity contribution in [1.29, 1.82) is 0 Å². The molecule has 2 aromatic carbocycles. The number of benzene rings is 2. The lowest BCUT2D eigenvalue weighted by Gasteiger charge is -2.13. The van der Waals surface area contributed by atoms with E-state index in [1.165, 1.54) is 0 Å². The third-order valence-electron chi connectivity index (χ3n) is 4.47. The summed E-state index contributed by atoms with van der Waals surface area (Å²) in [6.07, 6.45) is 0.215. The van der Waals surface area contributed by atoms with Crippen LogP contribution in [0.25, 0.3) is 0 Å². The van der Waals surface area contributed by atoms with Crippen LogP contribution in [0, 0.1) is 0 Å². The number of hydrogen-bond donors (Lipinski definition) is 2. The summed E-state index contributed by atoms with van der Waals surface area (Å²) in [6, 6.07) is 13.6. The van der Waals surface area contributed by atoms with E-state index < -0.39 is 17.7 Å². The molecule has 150 valence electrons. The number of carbonyl (C=O) groups excluding carboxylic acids is 4. The van der Waals surface area contributed by atoms with E-state index in [0.29, 0.717) is 11.1 Å². The van der Waals surface area contributed by atoms with Gasteiger partial charge in [-0.3, -0.25) is 24.1 Å². The second-order valence-corrected chi connectivity index (χ2v) is 6.47. The maximum absolute atomic E-state index is 12.2. The topological polar surface area (TPSA) is 105 Å². The van der Waals surface area contributed by atoms with Gasteiger partial charge in [0.15, 0.2) is 0 Å². The maximum atomic E-state index is 12.2. The van der Waals surface area contributed by atoms with Crippen molar-refractivity contribution >= 4 is 23.6 Å². The van der Waals surface area contributed by atoms with Crippen LogP contribution in [0.2, 0.25) is 0 Å². The Balaban J connectivity index is 1.38. The minimum Gasteiger partial charge on any atom is -0.497 e. The van der Waals surface area contributed by atoms with Crippen LogP contribution in [0.5, 0.6) is 5.75 Å². The zero-order valence-electron chi connectivity index (χ0n) is 15.9. The number of hydrogen-bond acceptors (Lipinski definition) is 5. The molecule has 0 aromatic heterocycles. The Labute approximate surface area is 167 Å². The van der Waals surface area contributed by atoms with Gasteiger partial charge in [-0.1, -0.05) is 24.3 Å². The number of imide groups is 1. The molecule has 0 spiro atoms. The van der Waals surface area contributed by atoms with Crippen LogP contribution < -0.4 is 15.4 Å². The molecular weight excluding hydrogens is 374 g/mol. The largest absolute Gasteiger partial charge is 0.497 e. The van der Waals surface area contributed by atoms with Gasteiger partial charge < -0.3 is 15.4 Å². The van der Waals surface area contributed by atoms with Gasteiger partial charge in [-0.15, -0.1) is 0 Å². The van der Waals surface area contributed by atoms with Crippen molar-refractivity contribution in [3.8, 4) is 5.75 Å². The van der Waals surface area contributed by atoms with E-state index in [1.807, 2.05) is 12.1 Å². The van der Waals surface area contributed by atoms with Crippen molar-refractivity contribution in [2.75, 3.05) is 26.7 Å². The molecule has 1 aliphatic heterocycles. The lowest BCUT2D eigenvalue weighted by molar-refractivity contribution is -0.122. The standard InChI is InChI=1S/C21H21N3O5/c1-29-15-8-6-14(7-9-15)12-18(25)22-10-11-23-19(26)13-24-20(27)16-4-2-3-5-17(16)21(24)28/h2-9H,10-13H2,1H3,(H,22,25)(H,23,26). The minimum absolute atomic E-state index is 0.176. The Bertz CT molecular complexity index is 905. The first-order chi connectivity index (χ1) is 14.0. The average molecular weight is 395 g/mol. The molecule has 3 rings (SSSR count). The zero-order valence-corrected chi connectivity index (χ0v) is 15.9.